The molecule has 0 atom stereocenters. The van der Waals surface area contributed by atoms with Crippen molar-refractivity contribution in [2.45, 2.75) is 18.5 Å². The van der Waals surface area contributed by atoms with Gasteiger partial charge in [-0.15, -0.1) is 0 Å². The molecule has 93 valence electrons. The smallest absolute Gasteiger partial charge is 0.255 e. The Bertz CT molecular complexity index is 136. The standard InChI is InChI=1S/C4F9.CH3F/c5-2(6,7)1(3(8,9)10)4(11,12)13;1-2/h;1H3. The van der Waals surface area contributed by atoms with E-state index in [4.69, 9.17) is 0 Å². The molecule has 0 saturated heterocycles. The van der Waals surface area contributed by atoms with E-state index in [9.17, 15) is 43.9 Å². The van der Waals surface area contributed by atoms with Crippen LogP contribution in [0.1, 0.15) is 0 Å². The highest BCUT2D eigenvalue weighted by molar-refractivity contribution is 5.10. The summed E-state index contributed by atoms with van der Waals surface area (Å²) in [5, 5.41) is 0. The maximum Gasteiger partial charge on any atom is 0.413 e. The van der Waals surface area contributed by atoms with Crippen LogP contribution in [-0.4, -0.2) is 25.7 Å². The summed E-state index contributed by atoms with van der Waals surface area (Å²) in [6.45, 7) is 0. The molecule has 0 heterocycles. The molecule has 0 fully saturated rings. The van der Waals surface area contributed by atoms with E-state index in [0.29, 0.717) is 7.18 Å². The fourth-order valence-electron chi connectivity index (χ4n) is 0.482. The van der Waals surface area contributed by atoms with E-state index in [0.717, 1.165) is 0 Å². The predicted molar refractivity (Wildman–Crippen MR) is 28.4 cm³/mol. The highest BCUT2D eigenvalue weighted by Gasteiger charge is 2.71. The van der Waals surface area contributed by atoms with Gasteiger partial charge in [0.05, 0.1) is 7.18 Å². The van der Waals surface area contributed by atoms with Crippen LogP contribution in [0.3, 0.4) is 0 Å². The molecule has 10 heteroatoms. The predicted octanol–water partition coefficient (Wildman–Crippen LogP) is 3.83. The Labute approximate surface area is 76.9 Å². The van der Waals surface area contributed by atoms with Crippen LogP contribution in [0.4, 0.5) is 43.9 Å². The van der Waals surface area contributed by atoms with Crippen LogP contribution in [0.2, 0.25) is 0 Å². The van der Waals surface area contributed by atoms with Crippen molar-refractivity contribution in [1.82, 2.24) is 0 Å². The van der Waals surface area contributed by atoms with E-state index >= 15 is 0 Å². The van der Waals surface area contributed by atoms with Gasteiger partial charge in [0, 0.05) is 0 Å². The van der Waals surface area contributed by atoms with Crippen molar-refractivity contribution in [3.63, 3.8) is 0 Å². The van der Waals surface area contributed by atoms with Crippen LogP contribution in [0.25, 0.3) is 0 Å². The van der Waals surface area contributed by atoms with Gasteiger partial charge in [0.2, 0.25) is 0 Å². The molecule has 0 aliphatic heterocycles. The van der Waals surface area contributed by atoms with Gasteiger partial charge in [-0.2, -0.15) is 39.5 Å². The van der Waals surface area contributed by atoms with Crippen LogP contribution in [-0.2, 0) is 0 Å². The Morgan fingerprint density at radius 3 is 0.667 bits per heavy atom. The quantitative estimate of drug-likeness (QED) is 0.575. The molecule has 0 amide bonds. The highest BCUT2D eigenvalue weighted by atomic mass is 19.4. The summed E-state index contributed by atoms with van der Waals surface area (Å²) in [5.41, 5.74) is 0. The molecule has 0 aromatic rings. The van der Waals surface area contributed by atoms with Crippen molar-refractivity contribution in [1.29, 1.82) is 0 Å². The third-order valence-corrected chi connectivity index (χ3v) is 0.850. The van der Waals surface area contributed by atoms with Crippen molar-refractivity contribution in [3.8, 4) is 0 Å². The molecular formula is C5H3F10. The molecule has 0 aliphatic rings. The Morgan fingerprint density at radius 2 is 0.667 bits per heavy atom. The monoisotopic (exact) mass is 253 g/mol. The van der Waals surface area contributed by atoms with E-state index in [-0.39, 0.29) is 0 Å². The molecule has 0 aromatic carbocycles. The Kier molecular flexibility index (Phi) is 5.44. The molecule has 0 nitrogen and oxygen atoms in total. The Morgan fingerprint density at radius 1 is 0.533 bits per heavy atom. The first-order valence-electron chi connectivity index (χ1n) is 2.83. The zero-order valence-corrected chi connectivity index (χ0v) is 6.78. The zero-order chi connectivity index (χ0) is 13.1. The molecule has 0 aromatic heterocycles. The van der Waals surface area contributed by atoms with Crippen LogP contribution in [0.15, 0.2) is 0 Å². The molecule has 0 rings (SSSR count). The number of rotatable bonds is 0. The fraction of sp³-hybridized carbons (Fsp3) is 0.800. The molecule has 0 saturated carbocycles. The summed E-state index contributed by atoms with van der Waals surface area (Å²) >= 11 is 0. The summed E-state index contributed by atoms with van der Waals surface area (Å²) in [4.78, 5) is 0. The fourth-order valence-corrected chi connectivity index (χ4v) is 0.482. The molecule has 0 unspecified atom stereocenters. The van der Waals surface area contributed by atoms with Crippen molar-refractivity contribution < 1.29 is 43.9 Å². The lowest BCUT2D eigenvalue weighted by Gasteiger charge is -2.23. The van der Waals surface area contributed by atoms with E-state index in [1.54, 1.807) is 0 Å². The second-order valence-corrected chi connectivity index (χ2v) is 1.87. The highest BCUT2D eigenvalue weighted by Crippen LogP contribution is 2.50. The van der Waals surface area contributed by atoms with Gasteiger partial charge in [0.1, 0.15) is 0 Å². The molecule has 0 N–H and O–H groups in total. The second kappa shape index (κ2) is 4.88. The maximum atomic E-state index is 11.2. The van der Waals surface area contributed by atoms with Crippen molar-refractivity contribution in [2.75, 3.05) is 7.18 Å². The average Bonchev–Trinajstić information content (AvgIpc) is 1.79. The van der Waals surface area contributed by atoms with Crippen LogP contribution in [0, 0.1) is 5.92 Å². The summed E-state index contributed by atoms with van der Waals surface area (Å²) in [6, 6.07) is 0. The van der Waals surface area contributed by atoms with Crippen molar-refractivity contribution in [3.05, 3.63) is 5.92 Å². The first-order valence-corrected chi connectivity index (χ1v) is 2.83. The SMILES string of the molecule is CF.FC(F)(F)[C](C(F)(F)F)C(F)(F)F. The van der Waals surface area contributed by atoms with Gasteiger partial charge >= 0.3 is 18.5 Å². The number of alkyl halides is 10. The van der Waals surface area contributed by atoms with Crippen molar-refractivity contribution in [2.24, 2.45) is 0 Å². The van der Waals surface area contributed by atoms with E-state index in [2.05, 4.69) is 0 Å². The molecule has 0 aliphatic carbocycles. The summed E-state index contributed by atoms with van der Waals surface area (Å²) in [7, 11) is 0.500. The average molecular weight is 253 g/mol. The van der Waals surface area contributed by atoms with Gasteiger partial charge in [0.25, 0.3) is 5.92 Å². The lowest BCUT2D eigenvalue weighted by atomic mass is 10.1. The van der Waals surface area contributed by atoms with Gasteiger partial charge in [-0.25, -0.2) is 0 Å². The van der Waals surface area contributed by atoms with Gasteiger partial charge in [-0.3, -0.25) is 4.39 Å². The first kappa shape index (κ1) is 16.7. The van der Waals surface area contributed by atoms with E-state index < -0.39 is 24.4 Å². The van der Waals surface area contributed by atoms with Gasteiger partial charge in [-0.05, 0) is 0 Å². The van der Waals surface area contributed by atoms with Crippen molar-refractivity contribution >= 4 is 0 Å². The maximum absolute atomic E-state index is 11.2. The van der Waals surface area contributed by atoms with Crippen LogP contribution < -0.4 is 0 Å². The van der Waals surface area contributed by atoms with Crippen LogP contribution in [0.5, 0.6) is 0 Å². The minimum Gasteiger partial charge on any atom is -0.255 e. The minimum absolute atomic E-state index is 0.500. The van der Waals surface area contributed by atoms with E-state index in [1.807, 2.05) is 0 Å². The number of hydrogen-bond acceptors (Lipinski definition) is 0. The zero-order valence-electron chi connectivity index (χ0n) is 6.78. The van der Waals surface area contributed by atoms with Gasteiger partial charge < -0.3 is 0 Å². The Hall–Kier alpha value is -0.700. The topological polar surface area (TPSA) is 0 Å². The molecule has 1 radical (unpaired) electrons. The molecule has 0 bridgehead atoms. The second-order valence-electron chi connectivity index (χ2n) is 1.87. The van der Waals surface area contributed by atoms with E-state index in [1.165, 1.54) is 0 Å². The lowest BCUT2D eigenvalue weighted by molar-refractivity contribution is -0.277. The molecule has 0 spiro atoms. The minimum atomic E-state index is -6.45. The third kappa shape index (κ3) is 5.67. The summed E-state index contributed by atoms with van der Waals surface area (Å²) < 4.78 is 111. The lowest BCUT2D eigenvalue weighted by Crippen LogP contribution is -2.44. The summed E-state index contributed by atoms with van der Waals surface area (Å²) in [6.07, 6.45) is -19.3. The molecular weight excluding hydrogens is 250 g/mol. The third-order valence-electron chi connectivity index (χ3n) is 0.850. The largest absolute Gasteiger partial charge is 0.413 e. The number of halogens is 10. The summed E-state index contributed by atoms with van der Waals surface area (Å²) in [5.74, 6) is -4.35. The first-order chi connectivity index (χ1) is 6.37. The van der Waals surface area contributed by atoms with Gasteiger partial charge in [-0.1, -0.05) is 0 Å². The van der Waals surface area contributed by atoms with Gasteiger partial charge in [0.15, 0.2) is 0 Å². The normalized spacial score (nSPS) is 13.6. The Balaban J connectivity index is 0. The molecule has 15 heavy (non-hydrogen) atoms. The number of hydrogen-bond donors (Lipinski definition) is 0. The van der Waals surface area contributed by atoms with Crippen LogP contribution >= 0.6 is 0 Å².